The van der Waals surface area contributed by atoms with Crippen LogP contribution in [0.2, 0.25) is 5.02 Å². The second kappa shape index (κ2) is 12.4. The molecule has 1 atom stereocenters. The van der Waals surface area contributed by atoms with Gasteiger partial charge in [0, 0.05) is 16.7 Å². The summed E-state index contributed by atoms with van der Waals surface area (Å²) in [4.78, 5) is 12.4. The van der Waals surface area contributed by atoms with Gasteiger partial charge >= 0.3 is 5.97 Å². The maximum Gasteiger partial charge on any atom is 0.349 e. The van der Waals surface area contributed by atoms with Gasteiger partial charge in [0.2, 0.25) is 5.88 Å². The molecule has 8 heteroatoms. The minimum absolute atomic E-state index is 0.00397. The first-order valence-electron chi connectivity index (χ1n) is 12.4. The van der Waals surface area contributed by atoms with Gasteiger partial charge in [-0.05, 0) is 60.9 Å². The molecule has 4 rings (SSSR count). The fourth-order valence-corrected chi connectivity index (χ4v) is 4.47. The number of esters is 1. The smallest absolute Gasteiger partial charge is 0.349 e. The summed E-state index contributed by atoms with van der Waals surface area (Å²) in [5, 5.41) is 10.4. The number of carbonyl (C=O) groups is 1. The number of benzene rings is 3. The van der Waals surface area contributed by atoms with Crippen LogP contribution in [0.3, 0.4) is 0 Å². The van der Waals surface area contributed by atoms with Crippen LogP contribution in [0.1, 0.15) is 48.8 Å². The van der Waals surface area contributed by atoms with Crippen LogP contribution in [0.4, 0.5) is 0 Å². The highest BCUT2D eigenvalue weighted by Crippen LogP contribution is 2.44. The van der Waals surface area contributed by atoms with Crippen molar-refractivity contribution in [1.29, 1.82) is 5.26 Å². The minimum atomic E-state index is -0.583. The zero-order valence-electron chi connectivity index (χ0n) is 21.3. The number of carbonyl (C=O) groups excluding carboxylic acids is 1. The zero-order chi connectivity index (χ0) is 27.1. The second-order valence-corrected chi connectivity index (χ2v) is 9.36. The molecule has 3 aromatic rings. The Balaban J connectivity index is 1.51. The molecule has 1 aliphatic heterocycles. The third-order valence-corrected chi connectivity index (χ3v) is 6.35. The Morgan fingerprint density at radius 3 is 2.68 bits per heavy atom. The van der Waals surface area contributed by atoms with E-state index in [0.717, 1.165) is 41.7 Å². The molecule has 0 saturated carbocycles. The predicted molar refractivity (Wildman–Crippen MR) is 145 cm³/mol. The van der Waals surface area contributed by atoms with E-state index < -0.39 is 11.9 Å². The second-order valence-electron chi connectivity index (χ2n) is 8.93. The predicted octanol–water partition coefficient (Wildman–Crippen LogP) is 6.42. The standard InChI is InChI=1S/C30H29ClN2O5/c1-3-4-5-13-35-22-8-6-7-20(15-22)29-24-11-10-23(16-27(24)38-30(33)25(29)17-32)37-28(34)18-36-26-12-9-21(31)14-19(26)2/h6-12,14-16,29H,3-5,13,18,33H2,1-2H3. The van der Waals surface area contributed by atoms with E-state index in [0.29, 0.717) is 28.7 Å². The van der Waals surface area contributed by atoms with Gasteiger partial charge in [-0.15, -0.1) is 0 Å². The lowest BCUT2D eigenvalue weighted by molar-refractivity contribution is -0.136. The van der Waals surface area contributed by atoms with Crippen LogP contribution in [0.5, 0.6) is 23.0 Å². The van der Waals surface area contributed by atoms with Crippen LogP contribution in [0.25, 0.3) is 0 Å². The van der Waals surface area contributed by atoms with Crippen LogP contribution in [-0.2, 0) is 4.79 Å². The van der Waals surface area contributed by atoms with Crippen LogP contribution < -0.4 is 24.7 Å². The normalized spacial score (nSPS) is 14.2. The van der Waals surface area contributed by atoms with E-state index in [1.165, 1.54) is 0 Å². The van der Waals surface area contributed by atoms with Crippen molar-refractivity contribution in [3.63, 3.8) is 0 Å². The number of fused-ring (bicyclic) bond motifs is 1. The first-order valence-corrected chi connectivity index (χ1v) is 12.8. The number of unbranched alkanes of at least 4 members (excludes halogenated alkanes) is 2. The highest BCUT2D eigenvalue weighted by atomic mass is 35.5. The molecule has 1 unspecified atom stereocenters. The zero-order valence-corrected chi connectivity index (χ0v) is 22.1. The molecule has 0 amide bonds. The van der Waals surface area contributed by atoms with Gasteiger partial charge < -0.3 is 24.7 Å². The van der Waals surface area contributed by atoms with Crippen molar-refractivity contribution in [3.8, 4) is 29.1 Å². The number of hydrogen-bond donors (Lipinski definition) is 1. The number of allylic oxidation sites excluding steroid dienone is 1. The lowest BCUT2D eigenvalue weighted by Crippen LogP contribution is -2.22. The van der Waals surface area contributed by atoms with E-state index in [1.54, 1.807) is 36.4 Å². The molecule has 0 aromatic heterocycles. The average Bonchev–Trinajstić information content (AvgIpc) is 2.90. The van der Waals surface area contributed by atoms with Crippen molar-refractivity contribution in [1.82, 2.24) is 0 Å². The topological polar surface area (TPSA) is 104 Å². The maximum absolute atomic E-state index is 12.4. The van der Waals surface area contributed by atoms with Crippen LogP contribution in [0, 0.1) is 18.3 Å². The van der Waals surface area contributed by atoms with Gasteiger partial charge in [-0.3, -0.25) is 0 Å². The van der Waals surface area contributed by atoms with E-state index in [-0.39, 0.29) is 18.2 Å². The first-order chi connectivity index (χ1) is 18.4. The highest BCUT2D eigenvalue weighted by Gasteiger charge is 2.31. The summed E-state index contributed by atoms with van der Waals surface area (Å²) in [6.45, 7) is 4.33. The highest BCUT2D eigenvalue weighted by molar-refractivity contribution is 6.30. The summed E-state index contributed by atoms with van der Waals surface area (Å²) in [6, 6.07) is 20.0. The number of nitrogens with two attached hydrogens (primary N) is 1. The van der Waals surface area contributed by atoms with E-state index in [2.05, 4.69) is 13.0 Å². The molecule has 2 N–H and O–H groups in total. The third kappa shape index (κ3) is 6.39. The Bertz CT molecular complexity index is 1400. The Morgan fingerprint density at radius 1 is 1.08 bits per heavy atom. The number of aryl methyl sites for hydroxylation is 1. The average molecular weight is 533 g/mol. The van der Waals surface area contributed by atoms with E-state index in [9.17, 15) is 10.1 Å². The summed E-state index contributed by atoms with van der Waals surface area (Å²) < 4.78 is 22.7. The summed E-state index contributed by atoms with van der Waals surface area (Å²) >= 11 is 5.97. The van der Waals surface area contributed by atoms with E-state index in [4.69, 9.17) is 36.3 Å². The van der Waals surface area contributed by atoms with Gasteiger partial charge in [-0.25, -0.2) is 4.79 Å². The van der Waals surface area contributed by atoms with Gasteiger partial charge in [0.1, 0.15) is 34.6 Å². The third-order valence-electron chi connectivity index (χ3n) is 6.11. The fraction of sp³-hybridized carbons (Fsp3) is 0.267. The number of ether oxygens (including phenoxy) is 4. The molecule has 1 aliphatic rings. The van der Waals surface area contributed by atoms with Gasteiger partial charge in [0.05, 0.1) is 12.5 Å². The van der Waals surface area contributed by atoms with Crippen LogP contribution in [-0.4, -0.2) is 19.2 Å². The van der Waals surface area contributed by atoms with Crippen molar-refractivity contribution in [2.24, 2.45) is 5.73 Å². The van der Waals surface area contributed by atoms with Crippen molar-refractivity contribution in [2.75, 3.05) is 13.2 Å². The van der Waals surface area contributed by atoms with E-state index >= 15 is 0 Å². The van der Waals surface area contributed by atoms with Gasteiger partial charge in [0.15, 0.2) is 6.61 Å². The number of nitrogens with zero attached hydrogens (tertiary/aromatic N) is 1. The molecule has 0 bridgehead atoms. The Morgan fingerprint density at radius 2 is 1.92 bits per heavy atom. The molecular formula is C30H29ClN2O5. The first kappa shape index (κ1) is 26.9. The SMILES string of the molecule is CCCCCOc1cccc(C2C(C#N)=C(N)Oc3cc(OC(=O)COc4ccc(Cl)cc4C)ccc32)c1. The Kier molecular flexibility index (Phi) is 8.77. The van der Waals surface area contributed by atoms with Gasteiger partial charge in [-0.1, -0.05) is 49.6 Å². The van der Waals surface area contributed by atoms with Crippen molar-refractivity contribution in [3.05, 3.63) is 93.8 Å². The number of hydrogen-bond acceptors (Lipinski definition) is 7. The molecule has 196 valence electrons. The number of halogens is 1. The summed E-state index contributed by atoms with van der Waals surface area (Å²) in [5.74, 6) is 0.908. The summed E-state index contributed by atoms with van der Waals surface area (Å²) in [6.07, 6.45) is 3.19. The molecule has 3 aromatic carbocycles. The molecule has 38 heavy (non-hydrogen) atoms. The Hall–Kier alpha value is -4.15. The maximum atomic E-state index is 12.4. The lowest BCUT2D eigenvalue weighted by Gasteiger charge is -2.27. The van der Waals surface area contributed by atoms with Crippen LogP contribution >= 0.6 is 11.6 Å². The molecule has 0 aliphatic carbocycles. The molecule has 0 spiro atoms. The monoisotopic (exact) mass is 532 g/mol. The molecule has 0 fully saturated rings. The summed E-state index contributed by atoms with van der Waals surface area (Å²) in [5.41, 5.74) is 8.83. The fourth-order valence-electron chi connectivity index (χ4n) is 4.24. The van der Waals surface area contributed by atoms with Crippen molar-refractivity contribution < 1.29 is 23.7 Å². The lowest BCUT2D eigenvalue weighted by atomic mass is 9.83. The van der Waals surface area contributed by atoms with Crippen molar-refractivity contribution >= 4 is 17.6 Å². The molecule has 7 nitrogen and oxygen atoms in total. The molecule has 1 heterocycles. The van der Waals surface area contributed by atoms with Crippen molar-refractivity contribution in [2.45, 2.75) is 39.0 Å². The number of rotatable bonds is 10. The molecular weight excluding hydrogens is 504 g/mol. The van der Waals surface area contributed by atoms with Crippen LogP contribution in [0.15, 0.2) is 72.1 Å². The largest absolute Gasteiger partial charge is 0.494 e. The Labute approximate surface area is 227 Å². The van der Waals surface area contributed by atoms with Gasteiger partial charge in [0.25, 0.3) is 0 Å². The molecule has 0 saturated heterocycles. The number of nitriles is 1. The summed E-state index contributed by atoms with van der Waals surface area (Å²) in [7, 11) is 0. The molecule has 0 radical (unpaired) electrons. The quantitative estimate of drug-likeness (QED) is 0.182. The van der Waals surface area contributed by atoms with Gasteiger partial charge in [-0.2, -0.15) is 5.26 Å². The van der Waals surface area contributed by atoms with E-state index in [1.807, 2.05) is 31.2 Å². The minimum Gasteiger partial charge on any atom is -0.494 e.